The van der Waals surface area contributed by atoms with Crippen molar-refractivity contribution >= 4 is 11.8 Å². The highest BCUT2D eigenvalue weighted by molar-refractivity contribution is 5.79. The van der Waals surface area contributed by atoms with Gasteiger partial charge in [0.2, 0.25) is 0 Å². The van der Waals surface area contributed by atoms with E-state index in [0.717, 1.165) is 28.5 Å². The average Bonchev–Trinajstić information content (AvgIpc) is 3.41. The lowest BCUT2D eigenvalue weighted by atomic mass is 9.97. The summed E-state index contributed by atoms with van der Waals surface area (Å²) < 4.78 is 12.5. The van der Waals surface area contributed by atoms with Gasteiger partial charge in [-0.15, -0.1) is 0 Å². The number of hydrogen-bond donors (Lipinski definition) is 0. The van der Waals surface area contributed by atoms with Gasteiger partial charge in [0, 0.05) is 24.5 Å². The number of benzene rings is 2. The third kappa shape index (κ3) is 2.82. The van der Waals surface area contributed by atoms with Crippen LogP contribution in [0.4, 0.5) is 5.69 Å². The molecule has 140 valence electrons. The predicted molar refractivity (Wildman–Crippen MR) is 101 cm³/mol. The summed E-state index contributed by atoms with van der Waals surface area (Å²) in [6.07, 6.45) is 1.85. The quantitative estimate of drug-likeness (QED) is 0.364. The van der Waals surface area contributed by atoms with Crippen LogP contribution < -0.4 is 5.11 Å². The highest BCUT2D eigenvalue weighted by atomic mass is 16.6. The normalized spacial score (nSPS) is 33.4. The Morgan fingerprint density at radius 1 is 1.00 bits per heavy atom. The van der Waals surface area contributed by atoms with E-state index in [1.165, 1.54) is 0 Å². The number of para-hydroxylation sites is 1. The first-order valence-electron chi connectivity index (χ1n) is 9.59. The van der Waals surface area contributed by atoms with Crippen molar-refractivity contribution in [2.45, 2.75) is 43.2 Å². The Hall–Kier alpha value is -2.37. The largest absolute Gasteiger partial charge is 0.596 e. The molecular formula is C22H24N2O3. The maximum atomic E-state index is 12.5. The molecule has 27 heavy (non-hydrogen) atoms. The van der Waals surface area contributed by atoms with Crippen LogP contribution in [0.5, 0.6) is 0 Å². The van der Waals surface area contributed by atoms with Gasteiger partial charge in [-0.3, -0.25) is 0 Å². The van der Waals surface area contributed by atoms with Crippen molar-refractivity contribution in [1.29, 1.82) is 0 Å². The van der Waals surface area contributed by atoms with E-state index in [-0.39, 0.29) is 6.10 Å². The van der Waals surface area contributed by atoms with Crippen molar-refractivity contribution in [3.63, 3.8) is 0 Å². The molecule has 4 unspecified atom stereocenters. The number of morpholine rings is 1. The van der Waals surface area contributed by atoms with E-state index in [0.29, 0.717) is 30.0 Å². The van der Waals surface area contributed by atoms with E-state index in [1.807, 2.05) is 54.6 Å². The second-order valence-corrected chi connectivity index (χ2v) is 8.30. The zero-order valence-corrected chi connectivity index (χ0v) is 15.6. The topological polar surface area (TPSA) is 57.2 Å². The first-order chi connectivity index (χ1) is 13.0. The van der Waals surface area contributed by atoms with Gasteiger partial charge in [-0.05, 0) is 11.6 Å². The van der Waals surface area contributed by atoms with Crippen molar-refractivity contribution in [2.75, 3.05) is 14.1 Å². The third-order valence-electron chi connectivity index (χ3n) is 6.51. The molecule has 3 aliphatic rings. The Morgan fingerprint density at radius 2 is 1.63 bits per heavy atom. The van der Waals surface area contributed by atoms with Crippen LogP contribution in [0, 0.1) is 0 Å². The first-order valence-corrected chi connectivity index (χ1v) is 9.59. The van der Waals surface area contributed by atoms with Gasteiger partial charge in [-0.25, -0.2) is 4.99 Å². The molecule has 2 bridgehead atoms. The number of nitrogens with zero attached hydrogens (tertiary/aromatic N) is 2. The lowest BCUT2D eigenvalue weighted by molar-refractivity contribution is -0.938. The summed E-state index contributed by atoms with van der Waals surface area (Å²) in [5.41, 5.74) is 2.62. The molecule has 0 aliphatic carbocycles. The number of piperidine rings is 1. The lowest BCUT2D eigenvalue weighted by Gasteiger charge is -2.47. The second-order valence-electron chi connectivity index (χ2n) is 8.30. The number of aliphatic imine (C=N–C) groups is 1. The average molecular weight is 364 g/mol. The zero-order valence-electron chi connectivity index (χ0n) is 15.6. The van der Waals surface area contributed by atoms with Gasteiger partial charge in [0.25, 0.3) is 0 Å². The van der Waals surface area contributed by atoms with Crippen LogP contribution in [0.1, 0.15) is 12.8 Å². The molecule has 5 nitrogen and oxygen atoms in total. The molecule has 2 aromatic rings. The van der Waals surface area contributed by atoms with Crippen LogP contribution in [0.2, 0.25) is 0 Å². The first kappa shape index (κ1) is 16.8. The Balaban J connectivity index is 1.34. The Labute approximate surface area is 159 Å². The maximum absolute atomic E-state index is 12.5. The van der Waals surface area contributed by atoms with Crippen LogP contribution >= 0.6 is 0 Å². The molecule has 0 aromatic heterocycles. The van der Waals surface area contributed by atoms with Crippen LogP contribution in [-0.2, 0) is 9.47 Å². The van der Waals surface area contributed by atoms with Gasteiger partial charge in [0.15, 0.2) is 6.08 Å². The maximum Gasteiger partial charge on any atom is 0.151 e. The van der Waals surface area contributed by atoms with E-state index in [9.17, 15) is 5.11 Å². The molecule has 2 aromatic carbocycles. The number of rotatable bonds is 3. The van der Waals surface area contributed by atoms with E-state index >= 15 is 0 Å². The minimum Gasteiger partial charge on any atom is -0.596 e. The van der Waals surface area contributed by atoms with Crippen LogP contribution in [0.25, 0.3) is 11.1 Å². The summed E-state index contributed by atoms with van der Waals surface area (Å²) in [5.74, 6) is 0. The Bertz CT molecular complexity index is 860. The molecule has 4 atom stereocenters. The molecule has 0 N–H and O–H groups in total. The van der Waals surface area contributed by atoms with E-state index in [2.05, 4.69) is 19.1 Å². The molecule has 0 saturated carbocycles. The summed E-state index contributed by atoms with van der Waals surface area (Å²) in [4.78, 5) is 4.27. The van der Waals surface area contributed by atoms with Crippen LogP contribution in [0.3, 0.4) is 0 Å². The molecule has 3 saturated heterocycles. The van der Waals surface area contributed by atoms with Gasteiger partial charge in [0.05, 0.1) is 19.8 Å². The van der Waals surface area contributed by atoms with Gasteiger partial charge >= 0.3 is 0 Å². The summed E-state index contributed by atoms with van der Waals surface area (Å²) in [5, 5.41) is 12.5. The minimum atomic E-state index is -0.496. The molecule has 0 radical (unpaired) electrons. The van der Waals surface area contributed by atoms with Crippen molar-refractivity contribution < 1.29 is 19.1 Å². The van der Waals surface area contributed by atoms with Crippen molar-refractivity contribution in [3.05, 3.63) is 54.6 Å². The van der Waals surface area contributed by atoms with Gasteiger partial charge < -0.3 is 19.1 Å². The van der Waals surface area contributed by atoms with E-state index in [4.69, 9.17) is 9.47 Å². The van der Waals surface area contributed by atoms with Gasteiger partial charge in [-0.1, -0.05) is 48.5 Å². The standard InChI is InChI=1S/C22H24N2O3/c1-24(2)18-12-15(13-19(24)21-20(18)27-21)26-22(25)23-17-11-7-6-10-16(17)14-8-4-3-5-9-14/h3-11,15,18-21H,12-13H2,1-2H3. The zero-order chi connectivity index (χ0) is 18.6. The molecule has 3 aliphatic heterocycles. The van der Waals surface area contributed by atoms with Gasteiger partial charge in [0.1, 0.15) is 24.3 Å². The van der Waals surface area contributed by atoms with Crippen molar-refractivity contribution in [1.82, 2.24) is 0 Å². The van der Waals surface area contributed by atoms with Crippen LogP contribution in [-0.4, -0.2) is 55.1 Å². The highest BCUT2D eigenvalue weighted by Gasteiger charge is 2.70. The smallest absolute Gasteiger partial charge is 0.151 e. The van der Waals surface area contributed by atoms with E-state index in [1.54, 1.807) is 0 Å². The lowest BCUT2D eigenvalue weighted by Crippen LogP contribution is -2.60. The number of likely N-dealkylation sites (N-methyl/N-ethyl adjacent to an activating group) is 1. The summed E-state index contributed by atoms with van der Waals surface area (Å²) in [7, 11) is 4.53. The van der Waals surface area contributed by atoms with Crippen molar-refractivity contribution in [3.8, 4) is 11.1 Å². The molecule has 5 heteroatoms. The molecule has 5 rings (SSSR count). The van der Waals surface area contributed by atoms with Crippen molar-refractivity contribution in [2.24, 2.45) is 4.99 Å². The predicted octanol–water partition coefficient (Wildman–Crippen LogP) is 2.48. The highest BCUT2D eigenvalue weighted by Crippen LogP contribution is 2.51. The fourth-order valence-corrected chi connectivity index (χ4v) is 5.00. The van der Waals surface area contributed by atoms with Gasteiger partial charge in [-0.2, -0.15) is 0 Å². The molecule has 3 heterocycles. The summed E-state index contributed by atoms with van der Waals surface area (Å²) in [6.45, 7) is 0. The number of hydrogen-bond acceptors (Lipinski definition) is 4. The van der Waals surface area contributed by atoms with Crippen LogP contribution in [0.15, 0.2) is 59.6 Å². The minimum absolute atomic E-state index is 0.0670. The number of ether oxygens (including phenoxy) is 2. The number of quaternary nitrogens is 1. The molecule has 3 fully saturated rings. The summed E-state index contributed by atoms with van der Waals surface area (Å²) in [6, 6.07) is 18.5. The fraction of sp³-hybridized carbons (Fsp3) is 0.409. The molecule has 0 spiro atoms. The monoisotopic (exact) mass is 364 g/mol. The molecular weight excluding hydrogens is 340 g/mol. The number of epoxide rings is 1. The number of fused-ring (bicyclic) bond motifs is 5. The second kappa shape index (κ2) is 6.08. The Kier molecular flexibility index (Phi) is 3.78. The van der Waals surface area contributed by atoms with E-state index < -0.39 is 6.08 Å². The fourth-order valence-electron chi connectivity index (χ4n) is 5.00. The Morgan fingerprint density at radius 3 is 2.33 bits per heavy atom. The summed E-state index contributed by atoms with van der Waals surface area (Å²) >= 11 is 0. The third-order valence-corrected chi connectivity index (χ3v) is 6.51. The molecule has 0 amide bonds. The SMILES string of the molecule is C[N+]1(C)C2CC(OC([O-])=Nc3ccccc3-c3ccccc3)CC1C1OC12.